The average molecular weight is 359 g/mol. The number of hydrogen-bond donors (Lipinski definition) is 2. The van der Waals surface area contributed by atoms with Gasteiger partial charge >= 0.3 is 0 Å². The Hall–Kier alpha value is -0.960. The zero-order valence-electron chi connectivity index (χ0n) is 9.80. The van der Waals surface area contributed by atoms with Crippen LogP contribution in [-0.4, -0.2) is 24.9 Å². The smallest absolute Gasteiger partial charge is 0.167 e. The van der Waals surface area contributed by atoms with Gasteiger partial charge in [0.15, 0.2) is 11.4 Å². The van der Waals surface area contributed by atoms with Crippen molar-refractivity contribution >= 4 is 39.4 Å². The first-order valence-corrected chi connectivity index (χ1v) is 7.07. The lowest BCUT2D eigenvalue weighted by atomic mass is 9.92. The second kappa shape index (κ2) is 4.30. The number of anilines is 1. The maximum Gasteiger partial charge on any atom is 0.167 e. The number of fused-ring (bicyclic) bond motifs is 1. The average Bonchev–Trinajstić information content (AvgIpc) is 2.70. The Kier molecular flexibility index (Phi) is 2.89. The Morgan fingerprint density at radius 3 is 2.72 bits per heavy atom. The number of hydrogen-bond acceptors (Lipinski definition) is 5. The van der Waals surface area contributed by atoms with Gasteiger partial charge in [-0.25, -0.2) is 14.6 Å². The molecule has 0 unspecified atom stereocenters. The summed E-state index contributed by atoms with van der Waals surface area (Å²) >= 11 is 2.10. The molecule has 96 valence electrons. The van der Waals surface area contributed by atoms with E-state index in [9.17, 15) is 5.11 Å². The van der Waals surface area contributed by atoms with Gasteiger partial charge in [0.2, 0.25) is 0 Å². The molecule has 0 saturated heterocycles. The number of aromatic nitrogens is 4. The van der Waals surface area contributed by atoms with Crippen molar-refractivity contribution < 1.29 is 5.11 Å². The number of aliphatic hydroxyl groups is 1. The maximum atomic E-state index is 10.7. The fraction of sp³-hybridized carbons (Fsp3) is 0.545. The first-order valence-electron chi connectivity index (χ1n) is 5.99. The summed E-state index contributed by atoms with van der Waals surface area (Å²) in [5.74, 6) is 0.412. The molecule has 0 atom stereocenters. The van der Waals surface area contributed by atoms with Crippen LogP contribution in [-0.2, 0) is 5.72 Å². The quantitative estimate of drug-likeness (QED) is 0.756. The molecule has 2 aromatic heterocycles. The van der Waals surface area contributed by atoms with Crippen LogP contribution in [0.2, 0.25) is 0 Å². The lowest BCUT2D eigenvalue weighted by Crippen LogP contribution is -2.36. The van der Waals surface area contributed by atoms with Crippen LogP contribution in [0.15, 0.2) is 6.33 Å². The summed E-state index contributed by atoms with van der Waals surface area (Å²) in [5.41, 5.74) is 5.54. The zero-order valence-corrected chi connectivity index (χ0v) is 12.0. The molecule has 0 bridgehead atoms. The Labute approximate surface area is 118 Å². The van der Waals surface area contributed by atoms with Crippen LogP contribution in [0.3, 0.4) is 0 Å². The Balaban J connectivity index is 2.21. The first kappa shape index (κ1) is 12.1. The molecule has 3 N–H and O–H groups in total. The predicted molar refractivity (Wildman–Crippen MR) is 75.7 cm³/mol. The van der Waals surface area contributed by atoms with Gasteiger partial charge in [0.1, 0.15) is 15.8 Å². The number of rotatable bonds is 1. The van der Waals surface area contributed by atoms with Crippen molar-refractivity contribution in [1.82, 2.24) is 19.7 Å². The summed E-state index contributed by atoms with van der Waals surface area (Å²) in [6.45, 7) is 0. The lowest BCUT2D eigenvalue weighted by molar-refractivity contribution is -0.0764. The topological polar surface area (TPSA) is 89.9 Å². The van der Waals surface area contributed by atoms with Gasteiger partial charge in [-0.2, -0.15) is 5.10 Å². The summed E-state index contributed by atoms with van der Waals surface area (Å²) in [4.78, 5) is 8.20. The van der Waals surface area contributed by atoms with Gasteiger partial charge < -0.3 is 10.8 Å². The number of nitrogen functional groups attached to an aromatic ring is 1. The van der Waals surface area contributed by atoms with Gasteiger partial charge in [0.05, 0.1) is 5.39 Å². The third kappa shape index (κ3) is 1.76. The summed E-state index contributed by atoms with van der Waals surface area (Å²) in [5, 5.41) is 15.9. The minimum absolute atomic E-state index is 0.412. The molecular weight excluding hydrogens is 345 g/mol. The van der Waals surface area contributed by atoms with Crippen LogP contribution in [0.1, 0.15) is 32.1 Å². The summed E-state index contributed by atoms with van der Waals surface area (Å²) in [6, 6.07) is 0. The molecule has 1 saturated carbocycles. The van der Waals surface area contributed by atoms with E-state index >= 15 is 0 Å². The normalized spacial score (nSPS) is 19.2. The van der Waals surface area contributed by atoms with Gasteiger partial charge in [-0.1, -0.05) is 6.42 Å². The van der Waals surface area contributed by atoms with Gasteiger partial charge in [-0.3, -0.25) is 0 Å². The fourth-order valence-corrected chi connectivity index (χ4v) is 3.29. The van der Waals surface area contributed by atoms with Crippen LogP contribution in [0.4, 0.5) is 5.82 Å². The lowest BCUT2D eigenvalue weighted by Gasteiger charge is -2.32. The van der Waals surface area contributed by atoms with E-state index in [1.165, 1.54) is 6.33 Å². The highest BCUT2D eigenvalue weighted by atomic mass is 127. The van der Waals surface area contributed by atoms with Gasteiger partial charge in [-0.05, 0) is 48.3 Å². The predicted octanol–water partition coefficient (Wildman–Crippen LogP) is 1.62. The standard InChI is InChI=1S/C11H14IN5O/c12-8-7-9(13)14-6-15-10(7)17(16-8)11(18)4-2-1-3-5-11/h6,18H,1-5H2,(H2,13,14,15). The molecule has 2 heterocycles. The van der Waals surface area contributed by atoms with Gasteiger partial charge in [0, 0.05) is 0 Å². The molecule has 0 spiro atoms. The van der Waals surface area contributed by atoms with Crippen LogP contribution in [0.25, 0.3) is 11.0 Å². The van der Waals surface area contributed by atoms with Gasteiger partial charge in [-0.15, -0.1) is 0 Å². The van der Waals surface area contributed by atoms with Crippen molar-refractivity contribution in [2.24, 2.45) is 0 Å². The molecule has 1 aliphatic carbocycles. The molecule has 1 fully saturated rings. The van der Waals surface area contributed by atoms with Crippen molar-refractivity contribution in [3.05, 3.63) is 10.0 Å². The van der Waals surface area contributed by atoms with E-state index in [-0.39, 0.29) is 0 Å². The number of nitrogens with zero attached hydrogens (tertiary/aromatic N) is 4. The monoisotopic (exact) mass is 359 g/mol. The molecule has 0 aliphatic heterocycles. The molecule has 2 aromatic rings. The first-order chi connectivity index (χ1) is 8.62. The van der Waals surface area contributed by atoms with E-state index in [1.807, 2.05) is 0 Å². The Morgan fingerprint density at radius 1 is 1.28 bits per heavy atom. The second-order valence-corrected chi connectivity index (χ2v) is 5.73. The Morgan fingerprint density at radius 2 is 2.00 bits per heavy atom. The van der Waals surface area contributed by atoms with Crippen molar-refractivity contribution in [2.45, 2.75) is 37.8 Å². The van der Waals surface area contributed by atoms with Crippen LogP contribution >= 0.6 is 22.6 Å². The third-order valence-corrected chi connectivity index (χ3v) is 4.26. The Bertz CT molecular complexity index is 590. The van der Waals surface area contributed by atoms with Gasteiger partial charge in [0.25, 0.3) is 0 Å². The number of nitrogens with two attached hydrogens (primary N) is 1. The largest absolute Gasteiger partial charge is 0.383 e. The number of halogens is 1. The van der Waals surface area contributed by atoms with Crippen molar-refractivity contribution in [3.63, 3.8) is 0 Å². The zero-order chi connectivity index (χ0) is 12.8. The van der Waals surface area contributed by atoms with Crippen molar-refractivity contribution in [1.29, 1.82) is 0 Å². The molecule has 3 rings (SSSR count). The van der Waals surface area contributed by atoms with Crippen LogP contribution < -0.4 is 5.73 Å². The van der Waals surface area contributed by atoms with E-state index in [1.54, 1.807) is 4.68 Å². The minimum atomic E-state index is -0.930. The second-order valence-electron chi connectivity index (χ2n) is 4.70. The molecule has 0 amide bonds. The highest BCUT2D eigenvalue weighted by Crippen LogP contribution is 2.35. The van der Waals surface area contributed by atoms with Crippen LogP contribution in [0.5, 0.6) is 0 Å². The molecule has 0 radical (unpaired) electrons. The highest BCUT2D eigenvalue weighted by Gasteiger charge is 2.34. The van der Waals surface area contributed by atoms with E-state index in [2.05, 4.69) is 37.7 Å². The van der Waals surface area contributed by atoms with Crippen LogP contribution in [0, 0.1) is 3.70 Å². The van der Waals surface area contributed by atoms with E-state index in [4.69, 9.17) is 5.73 Å². The SMILES string of the molecule is Nc1ncnc2c1c(I)nn2C1(O)CCCCC1. The van der Waals surface area contributed by atoms with E-state index < -0.39 is 5.72 Å². The molecule has 18 heavy (non-hydrogen) atoms. The molecule has 6 nitrogen and oxygen atoms in total. The van der Waals surface area contributed by atoms with Crippen molar-refractivity contribution in [3.8, 4) is 0 Å². The highest BCUT2D eigenvalue weighted by molar-refractivity contribution is 14.1. The molecular formula is C11H14IN5O. The fourth-order valence-electron chi connectivity index (χ4n) is 2.55. The maximum absolute atomic E-state index is 10.7. The van der Waals surface area contributed by atoms with E-state index in [0.717, 1.165) is 28.3 Å². The van der Waals surface area contributed by atoms with E-state index in [0.29, 0.717) is 24.3 Å². The van der Waals surface area contributed by atoms with Crippen molar-refractivity contribution in [2.75, 3.05) is 5.73 Å². The summed E-state index contributed by atoms with van der Waals surface area (Å²) in [7, 11) is 0. The molecule has 1 aliphatic rings. The molecule has 7 heteroatoms. The summed E-state index contributed by atoms with van der Waals surface area (Å²) in [6.07, 6.45) is 6.02. The summed E-state index contributed by atoms with van der Waals surface area (Å²) < 4.78 is 2.36. The molecule has 0 aromatic carbocycles. The minimum Gasteiger partial charge on any atom is -0.383 e. The third-order valence-electron chi connectivity index (χ3n) is 3.50.